The zero-order valence-corrected chi connectivity index (χ0v) is 15.6. The van der Waals surface area contributed by atoms with Gasteiger partial charge < -0.3 is 9.84 Å². The van der Waals surface area contributed by atoms with Gasteiger partial charge in [-0.25, -0.2) is 9.18 Å². The molecular weight excluding hydrogens is 371 g/mol. The SMILES string of the molecule is Cc1cc(C(=O)O)nn1C(C)c1cc(Cl)ccc1OCc1ccccc1F. The Balaban J connectivity index is 1.92. The number of aryl methyl sites for hydroxylation is 1. The first-order chi connectivity index (χ1) is 12.9. The molecule has 0 amide bonds. The van der Waals surface area contributed by atoms with E-state index in [2.05, 4.69) is 5.10 Å². The Morgan fingerprint density at radius 2 is 2.04 bits per heavy atom. The molecule has 0 saturated heterocycles. The van der Waals surface area contributed by atoms with Crippen molar-refractivity contribution in [2.24, 2.45) is 0 Å². The number of rotatable bonds is 6. The predicted molar refractivity (Wildman–Crippen MR) is 99.9 cm³/mol. The van der Waals surface area contributed by atoms with Gasteiger partial charge in [0.2, 0.25) is 0 Å². The summed E-state index contributed by atoms with van der Waals surface area (Å²) < 4.78 is 21.3. The molecule has 27 heavy (non-hydrogen) atoms. The van der Waals surface area contributed by atoms with Gasteiger partial charge in [0.05, 0.1) is 6.04 Å². The number of carbonyl (C=O) groups is 1. The second kappa shape index (κ2) is 7.80. The number of ether oxygens (including phenoxy) is 1. The van der Waals surface area contributed by atoms with E-state index < -0.39 is 5.97 Å². The molecule has 0 aliphatic rings. The zero-order valence-electron chi connectivity index (χ0n) is 14.8. The Bertz CT molecular complexity index is 987. The maximum absolute atomic E-state index is 13.8. The van der Waals surface area contributed by atoms with Gasteiger partial charge in [-0.2, -0.15) is 5.10 Å². The third-order valence-corrected chi connectivity index (χ3v) is 4.51. The normalized spacial score (nSPS) is 12.0. The molecule has 0 spiro atoms. The first kappa shape index (κ1) is 18.9. The molecule has 1 aromatic heterocycles. The van der Waals surface area contributed by atoms with Crippen LogP contribution in [0.3, 0.4) is 0 Å². The minimum Gasteiger partial charge on any atom is -0.488 e. The summed E-state index contributed by atoms with van der Waals surface area (Å²) in [6.45, 7) is 3.71. The van der Waals surface area contributed by atoms with Crippen molar-refractivity contribution >= 4 is 17.6 Å². The van der Waals surface area contributed by atoms with Gasteiger partial charge in [-0.3, -0.25) is 4.68 Å². The van der Waals surface area contributed by atoms with Crippen molar-refractivity contribution in [2.75, 3.05) is 0 Å². The lowest BCUT2D eigenvalue weighted by molar-refractivity contribution is 0.0689. The molecule has 1 N–H and O–H groups in total. The van der Waals surface area contributed by atoms with Crippen molar-refractivity contribution < 1.29 is 19.0 Å². The first-order valence-corrected chi connectivity index (χ1v) is 8.69. The summed E-state index contributed by atoms with van der Waals surface area (Å²) >= 11 is 6.15. The lowest BCUT2D eigenvalue weighted by atomic mass is 10.1. The lowest BCUT2D eigenvalue weighted by Gasteiger charge is -2.19. The van der Waals surface area contributed by atoms with E-state index in [0.29, 0.717) is 22.0 Å². The predicted octanol–water partition coefficient (Wildman–Crippen LogP) is 4.87. The molecule has 0 aliphatic carbocycles. The van der Waals surface area contributed by atoms with E-state index in [0.717, 1.165) is 5.56 Å². The molecule has 0 radical (unpaired) electrons. The number of halogens is 2. The molecule has 3 aromatic rings. The summed E-state index contributed by atoms with van der Waals surface area (Å²) in [5, 5.41) is 13.8. The number of hydrogen-bond donors (Lipinski definition) is 1. The minimum atomic E-state index is -1.09. The molecule has 1 atom stereocenters. The van der Waals surface area contributed by atoms with E-state index in [9.17, 15) is 9.18 Å². The quantitative estimate of drug-likeness (QED) is 0.654. The number of nitrogens with zero attached hydrogens (tertiary/aromatic N) is 2. The fraction of sp³-hybridized carbons (Fsp3) is 0.200. The van der Waals surface area contributed by atoms with Crippen LogP contribution in [0.5, 0.6) is 5.75 Å². The van der Waals surface area contributed by atoms with Crippen LogP contribution in [0.2, 0.25) is 5.02 Å². The van der Waals surface area contributed by atoms with Gasteiger partial charge in [-0.05, 0) is 44.2 Å². The molecule has 5 nitrogen and oxygen atoms in total. The standard InChI is InChI=1S/C20H18ClFN2O3/c1-12-9-18(20(25)26)23-24(12)13(2)16-10-15(21)7-8-19(16)27-11-14-5-3-4-6-17(14)22/h3-10,13H,11H2,1-2H3,(H,25,26). The molecule has 3 rings (SSSR count). The van der Waals surface area contributed by atoms with Crippen LogP contribution in [0.25, 0.3) is 0 Å². The topological polar surface area (TPSA) is 64.3 Å². The largest absolute Gasteiger partial charge is 0.488 e. The first-order valence-electron chi connectivity index (χ1n) is 8.32. The molecule has 140 valence electrons. The fourth-order valence-electron chi connectivity index (χ4n) is 2.86. The Labute approximate surface area is 161 Å². The second-order valence-corrected chi connectivity index (χ2v) is 6.60. The van der Waals surface area contributed by atoms with E-state index in [-0.39, 0.29) is 24.2 Å². The van der Waals surface area contributed by atoms with Crippen LogP contribution in [0.15, 0.2) is 48.5 Å². The Hall–Kier alpha value is -2.86. The van der Waals surface area contributed by atoms with Crippen LogP contribution in [0, 0.1) is 12.7 Å². The zero-order chi connectivity index (χ0) is 19.6. The van der Waals surface area contributed by atoms with Crippen LogP contribution >= 0.6 is 11.6 Å². The highest BCUT2D eigenvalue weighted by Crippen LogP contribution is 2.32. The molecule has 1 heterocycles. The van der Waals surface area contributed by atoms with Gasteiger partial charge in [0.15, 0.2) is 5.69 Å². The van der Waals surface area contributed by atoms with Crippen molar-refractivity contribution in [3.63, 3.8) is 0 Å². The third kappa shape index (κ3) is 4.11. The van der Waals surface area contributed by atoms with Crippen molar-refractivity contribution in [3.05, 3.63) is 81.9 Å². The summed E-state index contributed by atoms with van der Waals surface area (Å²) in [6, 6.07) is 12.7. The van der Waals surface area contributed by atoms with Gasteiger partial charge in [0.1, 0.15) is 18.2 Å². The lowest BCUT2D eigenvalue weighted by Crippen LogP contribution is -2.13. The maximum Gasteiger partial charge on any atom is 0.356 e. The van der Waals surface area contributed by atoms with Gasteiger partial charge >= 0.3 is 5.97 Å². The van der Waals surface area contributed by atoms with E-state index in [4.69, 9.17) is 21.4 Å². The number of carboxylic acid groups (broad SMARTS) is 1. The van der Waals surface area contributed by atoms with Crippen LogP contribution in [-0.4, -0.2) is 20.9 Å². The minimum absolute atomic E-state index is 0.0322. The van der Waals surface area contributed by atoms with Crippen LogP contribution in [-0.2, 0) is 6.61 Å². The molecule has 0 aliphatic heterocycles. The second-order valence-electron chi connectivity index (χ2n) is 6.16. The Morgan fingerprint density at radius 1 is 1.30 bits per heavy atom. The third-order valence-electron chi connectivity index (χ3n) is 4.27. The molecular formula is C20H18ClFN2O3. The number of aromatic nitrogens is 2. The highest BCUT2D eigenvalue weighted by Gasteiger charge is 2.20. The Kier molecular flexibility index (Phi) is 5.46. The molecule has 0 bridgehead atoms. The van der Waals surface area contributed by atoms with Gasteiger partial charge in [0, 0.05) is 21.8 Å². The summed E-state index contributed by atoms with van der Waals surface area (Å²) in [5.74, 6) is -0.900. The summed E-state index contributed by atoms with van der Waals surface area (Å²) in [4.78, 5) is 11.2. The summed E-state index contributed by atoms with van der Waals surface area (Å²) in [5.41, 5.74) is 1.83. The van der Waals surface area contributed by atoms with Gasteiger partial charge in [-0.1, -0.05) is 29.8 Å². The molecule has 0 fully saturated rings. The average Bonchev–Trinajstić information content (AvgIpc) is 3.03. The average molecular weight is 389 g/mol. The van der Waals surface area contributed by atoms with E-state index in [1.807, 2.05) is 6.92 Å². The van der Waals surface area contributed by atoms with Crippen molar-refractivity contribution in [3.8, 4) is 5.75 Å². The molecule has 0 saturated carbocycles. The number of carboxylic acids is 1. The van der Waals surface area contributed by atoms with Crippen LogP contribution < -0.4 is 4.74 Å². The number of hydrogen-bond acceptors (Lipinski definition) is 3. The van der Waals surface area contributed by atoms with Crippen molar-refractivity contribution in [1.82, 2.24) is 9.78 Å². The van der Waals surface area contributed by atoms with E-state index in [1.165, 1.54) is 12.1 Å². The van der Waals surface area contributed by atoms with Gasteiger partial charge in [-0.15, -0.1) is 0 Å². The fourth-order valence-corrected chi connectivity index (χ4v) is 3.04. The highest BCUT2D eigenvalue weighted by molar-refractivity contribution is 6.30. The highest BCUT2D eigenvalue weighted by atomic mass is 35.5. The smallest absolute Gasteiger partial charge is 0.356 e. The number of benzene rings is 2. The molecule has 2 aromatic carbocycles. The van der Waals surface area contributed by atoms with E-state index >= 15 is 0 Å². The molecule has 7 heteroatoms. The van der Waals surface area contributed by atoms with Crippen LogP contribution in [0.4, 0.5) is 4.39 Å². The van der Waals surface area contributed by atoms with Crippen molar-refractivity contribution in [2.45, 2.75) is 26.5 Å². The maximum atomic E-state index is 13.8. The summed E-state index contributed by atoms with van der Waals surface area (Å²) in [6.07, 6.45) is 0. The Morgan fingerprint density at radius 3 is 2.70 bits per heavy atom. The van der Waals surface area contributed by atoms with Gasteiger partial charge in [0.25, 0.3) is 0 Å². The van der Waals surface area contributed by atoms with E-state index in [1.54, 1.807) is 48.0 Å². The summed E-state index contributed by atoms with van der Waals surface area (Å²) in [7, 11) is 0. The van der Waals surface area contributed by atoms with Crippen molar-refractivity contribution in [1.29, 1.82) is 0 Å². The number of aromatic carboxylic acids is 1. The van der Waals surface area contributed by atoms with Crippen LogP contribution in [0.1, 0.15) is 40.3 Å². The monoisotopic (exact) mass is 388 g/mol. The molecule has 1 unspecified atom stereocenters.